The molecule has 3 aromatic rings. The summed E-state index contributed by atoms with van der Waals surface area (Å²) >= 11 is 0. The summed E-state index contributed by atoms with van der Waals surface area (Å²) in [5, 5.41) is 6.87. The molecular formula is C19H23N5O3. The Morgan fingerprint density at radius 1 is 1.30 bits per heavy atom. The zero-order chi connectivity index (χ0) is 18.9. The molecule has 27 heavy (non-hydrogen) atoms. The second kappa shape index (κ2) is 9.51. The highest BCUT2D eigenvalue weighted by molar-refractivity contribution is 5.75. The molecule has 2 heterocycles. The molecule has 3 rings (SSSR count). The van der Waals surface area contributed by atoms with Crippen molar-refractivity contribution in [3.63, 3.8) is 0 Å². The Labute approximate surface area is 157 Å². The number of hydrogen-bond donors (Lipinski definition) is 1. The summed E-state index contributed by atoms with van der Waals surface area (Å²) in [7, 11) is 0. The van der Waals surface area contributed by atoms with E-state index in [0.717, 1.165) is 24.3 Å². The molecule has 0 aliphatic rings. The van der Waals surface area contributed by atoms with Crippen LogP contribution in [0.5, 0.6) is 5.75 Å². The van der Waals surface area contributed by atoms with Crippen LogP contribution in [-0.2, 0) is 17.8 Å². The lowest BCUT2D eigenvalue weighted by molar-refractivity contribution is -0.121. The minimum Gasteiger partial charge on any atom is -0.494 e. The first-order chi connectivity index (χ1) is 13.2. The zero-order valence-corrected chi connectivity index (χ0v) is 15.3. The third-order valence-corrected chi connectivity index (χ3v) is 3.93. The van der Waals surface area contributed by atoms with Gasteiger partial charge in [0.2, 0.25) is 17.6 Å². The fourth-order valence-corrected chi connectivity index (χ4v) is 2.56. The third-order valence-electron chi connectivity index (χ3n) is 3.93. The Balaban J connectivity index is 1.40. The summed E-state index contributed by atoms with van der Waals surface area (Å²) < 4.78 is 12.6. The van der Waals surface area contributed by atoms with E-state index in [9.17, 15) is 4.79 Å². The molecule has 2 aromatic heterocycles. The molecule has 1 aromatic carbocycles. The van der Waals surface area contributed by atoms with Gasteiger partial charge in [-0.15, -0.1) is 0 Å². The van der Waals surface area contributed by atoms with Gasteiger partial charge in [0.05, 0.1) is 12.9 Å². The Kier molecular flexibility index (Phi) is 6.56. The number of nitrogens with one attached hydrogen (secondary N) is 1. The lowest BCUT2D eigenvalue weighted by Gasteiger charge is -2.04. The minimum absolute atomic E-state index is 0.0264. The number of imidazole rings is 1. The predicted octanol–water partition coefficient (Wildman–Crippen LogP) is 2.47. The summed E-state index contributed by atoms with van der Waals surface area (Å²) in [6.45, 7) is 4.01. The molecular weight excluding hydrogens is 346 g/mol. The van der Waals surface area contributed by atoms with Gasteiger partial charge in [-0.3, -0.25) is 4.79 Å². The van der Waals surface area contributed by atoms with E-state index in [1.807, 2.05) is 42.0 Å². The lowest BCUT2D eigenvalue weighted by atomic mass is 10.2. The molecule has 0 unspecified atom stereocenters. The highest BCUT2D eigenvalue weighted by atomic mass is 16.5. The Morgan fingerprint density at radius 3 is 2.89 bits per heavy atom. The number of rotatable bonds is 10. The lowest BCUT2D eigenvalue weighted by Crippen LogP contribution is -2.25. The zero-order valence-electron chi connectivity index (χ0n) is 15.3. The molecule has 142 valence electrons. The van der Waals surface area contributed by atoms with Crippen LogP contribution in [0, 0.1) is 0 Å². The normalized spacial score (nSPS) is 10.7. The van der Waals surface area contributed by atoms with E-state index in [1.54, 1.807) is 12.5 Å². The van der Waals surface area contributed by atoms with E-state index < -0.39 is 0 Å². The number of amides is 1. The molecule has 8 heteroatoms. The molecule has 1 amide bonds. The first-order valence-corrected chi connectivity index (χ1v) is 9.03. The molecule has 0 aliphatic carbocycles. The Morgan fingerprint density at radius 2 is 2.15 bits per heavy atom. The van der Waals surface area contributed by atoms with Gasteiger partial charge in [-0.25, -0.2) is 4.98 Å². The minimum atomic E-state index is -0.0264. The third kappa shape index (κ3) is 5.67. The van der Waals surface area contributed by atoms with Crippen molar-refractivity contribution in [2.75, 3.05) is 13.2 Å². The number of benzene rings is 1. The Bertz CT molecular complexity index is 827. The maximum Gasteiger partial charge on any atom is 0.227 e. The fourth-order valence-electron chi connectivity index (χ4n) is 2.56. The maximum absolute atomic E-state index is 11.9. The van der Waals surface area contributed by atoms with Crippen LogP contribution in [0.1, 0.15) is 25.7 Å². The van der Waals surface area contributed by atoms with Crippen molar-refractivity contribution in [1.82, 2.24) is 25.0 Å². The van der Waals surface area contributed by atoms with Crippen LogP contribution in [0.4, 0.5) is 0 Å². The van der Waals surface area contributed by atoms with Crippen molar-refractivity contribution in [2.24, 2.45) is 0 Å². The summed E-state index contributed by atoms with van der Waals surface area (Å²) in [5.41, 5.74) is 0.845. The summed E-state index contributed by atoms with van der Waals surface area (Å²) in [5.74, 6) is 1.73. The van der Waals surface area contributed by atoms with Crippen molar-refractivity contribution in [1.29, 1.82) is 0 Å². The van der Waals surface area contributed by atoms with Gasteiger partial charge in [0.25, 0.3) is 0 Å². The van der Waals surface area contributed by atoms with Gasteiger partial charge in [-0.1, -0.05) is 5.16 Å². The van der Waals surface area contributed by atoms with Crippen LogP contribution in [-0.4, -0.2) is 38.8 Å². The average molecular weight is 369 g/mol. The number of aryl methyl sites for hydroxylation is 2. The van der Waals surface area contributed by atoms with Crippen molar-refractivity contribution in [2.45, 2.75) is 32.7 Å². The van der Waals surface area contributed by atoms with Gasteiger partial charge in [-0.2, -0.15) is 4.98 Å². The molecule has 0 atom stereocenters. The molecule has 0 spiro atoms. The SMILES string of the molecule is CCOc1ccc(-c2noc(CCC(=O)NCCCn3ccnc3)n2)cc1. The standard InChI is InChI=1S/C19H23N5O3/c1-2-26-16-6-4-15(5-7-16)19-22-18(27-23-19)9-8-17(25)21-10-3-12-24-13-11-20-14-24/h4-7,11,13-14H,2-3,8-10,12H2,1H3,(H,21,25). The molecule has 1 N–H and O–H groups in total. The highest BCUT2D eigenvalue weighted by Crippen LogP contribution is 2.20. The van der Waals surface area contributed by atoms with Gasteiger partial charge < -0.3 is 19.1 Å². The van der Waals surface area contributed by atoms with Crippen LogP contribution < -0.4 is 10.1 Å². The molecule has 0 radical (unpaired) electrons. The van der Waals surface area contributed by atoms with E-state index in [1.165, 1.54) is 0 Å². The fraction of sp³-hybridized carbons (Fsp3) is 0.368. The quantitative estimate of drug-likeness (QED) is 0.552. The van der Waals surface area contributed by atoms with Crippen molar-refractivity contribution in [3.05, 3.63) is 48.9 Å². The largest absolute Gasteiger partial charge is 0.494 e. The number of aromatic nitrogens is 4. The van der Waals surface area contributed by atoms with Crippen LogP contribution in [0.15, 0.2) is 47.5 Å². The number of ether oxygens (including phenoxy) is 1. The topological polar surface area (TPSA) is 95.1 Å². The average Bonchev–Trinajstić information content (AvgIpc) is 3.36. The number of carbonyl (C=O) groups excluding carboxylic acids is 1. The Hall–Kier alpha value is -3.16. The second-order valence-electron chi connectivity index (χ2n) is 5.97. The summed E-state index contributed by atoms with van der Waals surface area (Å²) in [4.78, 5) is 20.3. The van der Waals surface area contributed by atoms with Crippen molar-refractivity contribution in [3.8, 4) is 17.1 Å². The van der Waals surface area contributed by atoms with Gasteiger partial charge >= 0.3 is 0 Å². The van der Waals surface area contributed by atoms with Crippen LogP contribution in [0.3, 0.4) is 0 Å². The highest BCUT2D eigenvalue weighted by Gasteiger charge is 2.10. The first kappa shape index (κ1) is 18.6. The van der Waals surface area contributed by atoms with Crippen molar-refractivity contribution < 1.29 is 14.1 Å². The monoisotopic (exact) mass is 369 g/mol. The second-order valence-corrected chi connectivity index (χ2v) is 5.97. The van der Waals surface area contributed by atoms with Gasteiger partial charge in [0, 0.05) is 43.9 Å². The van der Waals surface area contributed by atoms with Gasteiger partial charge in [0.15, 0.2) is 0 Å². The number of hydrogen-bond acceptors (Lipinski definition) is 6. The predicted molar refractivity (Wildman–Crippen MR) is 99.1 cm³/mol. The smallest absolute Gasteiger partial charge is 0.227 e. The van der Waals surface area contributed by atoms with Crippen LogP contribution in [0.25, 0.3) is 11.4 Å². The van der Waals surface area contributed by atoms with E-state index in [4.69, 9.17) is 9.26 Å². The number of carbonyl (C=O) groups is 1. The first-order valence-electron chi connectivity index (χ1n) is 9.03. The van der Waals surface area contributed by atoms with E-state index in [-0.39, 0.29) is 5.91 Å². The van der Waals surface area contributed by atoms with E-state index >= 15 is 0 Å². The van der Waals surface area contributed by atoms with Gasteiger partial charge in [0.1, 0.15) is 5.75 Å². The van der Waals surface area contributed by atoms with Crippen molar-refractivity contribution >= 4 is 5.91 Å². The molecule has 0 aliphatic heterocycles. The summed E-state index contributed by atoms with van der Waals surface area (Å²) in [6.07, 6.45) is 6.99. The molecule has 0 bridgehead atoms. The molecule has 0 fully saturated rings. The maximum atomic E-state index is 11.9. The number of nitrogens with zero attached hydrogens (tertiary/aromatic N) is 4. The molecule has 0 saturated heterocycles. The van der Waals surface area contributed by atoms with Crippen LogP contribution >= 0.6 is 0 Å². The molecule has 8 nitrogen and oxygen atoms in total. The van der Waals surface area contributed by atoms with Crippen LogP contribution in [0.2, 0.25) is 0 Å². The molecule has 0 saturated carbocycles. The van der Waals surface area contributed by atoms with E-state index in [0.29, 0.717) is 37.7 Å². The van der Waals surface area contributed by atoms with E-state index in [2.05, 4.69) is 20.4 Å². The summed E-state index contributed by atoms with van der Waals surface area (Å²) in [6, 6.07) is 7.50. The van der Waals surface area contributed by atoms with Gasteiger partial charge in [-0.05, 0) is 37.6 Å².